The fraction of sp³-hybridized carbons (Fsp3) is 0.273. The van der Waals surface area contributed by atoms with Crippen molar-refractivity contribution in [2.75, 3.05) is 39.6 Å². The smallest absolute Gasteiger partial charge is 0.154 e. The van der Waals surface area contributed by atoms with Crippen LogP contribution in [0.2, 0.25) is 0 Å². The van der Waals surface area contributed by atoms with Crippen LogP contribution in [0.3, 0.4) is 0 Å². The van der Waals surface area contributed by atoms with E-state index in [4.69, 9.17) is 9.72 Å². The average Bonchev–Trinajstić information content (AvgIpc) is 2.69. The standard InChI is InChI=1S/C22H26N4O.2ClH.H2O/c1-26(2)16-6-15-23-22-19-7-4-5-8-20(19)24-21(25-22)14-11-17-9-12-18(27-3)13-10-17;;;/h4-5,7-14H,6,15-16H2,1-3H3,(H,23,24,25);2*1H;1H2. The van der Waals surface area contributed by atoms with E-state index in [0.29, 0.717) is 5.82 Å². The third kappa shape index (κ3) is 7.80. The zero-order chi connectivity index (χ0) is 19.1. The summed E-state index contributed by atoms with van der Waals surface area (Å²) in [5, 5.41) is 4.51. The van der Waals surface area contributed by atoms with Gasteiger partial charge in [-0.25, -0.2) is 9.97 Å². The van der Waals surface area contributed by atoms with Gasteiger partial charge in [-0.2, -0.15) is 0 Å². The third-order valence-corrected chi connectivity index (χ3v) is 4.24. The maximum absolute atomic E-state index is 5.20. The third-order valence-electron chi connectivity index (χ3n) is 4.24. The summed E-state index contributed by atoms with van der Waals surface area (Å²) in [4.78, 5) is 11.6. The van der Waals surface area contributed by atoms with Gasteiger partial charge in [0.15, 0.2) is 5.82 Å². The summed E-state index contributed by atoms with van der Waals surface area (Å²) in [6.45, 7) is 1.92. The van der Waals surface area contributed by atoms with Crippen LogP contribution in [0.25, 0.3) is 23.1 Å². The van der Waals surface area contributed by atoms with Crippen LogP contribution in [0.5, 0.6) is 5.75 Å². The lowest BCUT2D eigenvalue weighted by molar-refractivity contribution is 0.405. The highest BCUT2D eigenvalue weighted by Crippen LogP contribution is 2.21. The second kappa shape index (κ2) is 13.8. The first kappa shape index (κ1) is 27.6. The molecule has 1 heterocycles. The predicted octanol–water partition coefficient (Wildman–Crippen LogP) is 4.19. The van der Waals surface area contributed by atoms with Crippen LogP contribution < -0.4 is 10.1 Å². The van der Waals surface area contributed by atoms with E-state index < -0.39 is 0 Å². The van der Waals surface area contributed by atoms with Crippen LogP contribution in [-0.4, -0.2) is 54.6 Å². The van der Waals surface area contributed by atoms with Gasteiger partial charge < -0.3 is 20.4 Å². The quantitative estimate of drug-likeness (QED) is 0.518. The summed E-state index contributed by atoms with van der Waals surface area (Å²) >= 11 is 0. The number of halogens is 2. The molecule has 3 rings (SSSR count). The number of benzene rings is 2. The summed E-state index contributed by atoms with van der Waals surface area (Å²) in [5.41, 5.74) is 2.02. The van der Waals surface area contributed by atoms with Crippen molar-refractivity contribution < 1.29 is 10.2 Å². The van der Waals surface area contributed by atoms with Crippen molar-refractivity contribution in [2.45, 2.75) is 6.42 Å². The summed E-state index contributed by atoms with van der Waals surface area (Å²) in [5.74, 6) is 2.42. The van der Waals surface area contributed by atoms with Crippen molar-refractivity contribution in [3.63, 3.8) is 0 Å². The van der Waals surface area contributed by atoms with E-state index in [1.54, 1.807) is 7.11 Å². The average molecular weight is 453 g/mol. The molecule has 0 aliphatic heterocycles. The van der Waals surface area contributed by atoms with Crippen LogP contribution in [0.1, 0.15) is 17.8 Å². The zero-order valence-electron chi connectivity index (χ0n) is 17.5. The second-order valence-electron chi connectivity index (χ2n) is 6.64. The van der Waals surface area contributed by atoms with Gasteiger partial charge in [0.1, 0.15) is 11.6 Å². The molecule has 0 spiro atoms. The molecule has 0 amide bonds. The number of methoxy groups -OCH3 is 1. The van der Waals surface area contributed by atoms with Crippen LogP contribution >= 0.6 is 24.8 Å². The summed E-state index contributed by atoms with van der Waals surface area (Å²) in [7, 11) is 5.84. The Morgan fingerprint density at radius 1 is 0.967 bits per heavy atom. The van der Waals surface area contributed by atoms with Crippen LogP contribution in [-0.2, 0) is 0 Å². The minimum absolute atomic E-state index is 0. The van der Waals surface area contributed by atoms with Gasteiger partial charge >= 0.3 is 0 Å². The first-order chi connectivity index (χ1) is 13.2. The molecule has 3 aromatic rings. The predicted molar refractivity (Wildman–Crippen MR) is 131 cm³/mol. The molecule has 0 unspecified atom stereocenters. The number of nitrogens with one attached hydrogen (secondary N) is 1. The SMILES string of the molecule is COc1ccc(C=Cc2nc(NCCCN(C)C)c3ccccc3n2)cc1.Cl.Cl.O. The van der Waals surface area contributed by atoms with Crippen molar-refractivity contribution in [2.24, 2.45) is 0 Å². The van der Waals surface area contributed by atoms with E-state index in [2.05, 4.69) is 35.4 Å². The summed E-state index contributed by atoms with van der Waals surface area (Å²) in [6.07, 6.45) is 5.01. The largest absolute Gasteiger partial charge is 0.497 e. The minimum Gasteiger partial charge on any atom is -0.497 e. The molecule has 0 fully saturated rings. The van der Waals surface area contributed by atoms with E-state index in [1.165, 1.54) is 0 Å². The molecule has 0 bridgehead atoms. The minimum atomic E-state index is 0. The number of para-hydroxylation sites is 1. The Morgan fingerprint density at radius 2 is 1.67 bits per heavy atom. The van der Waals surface area contributed by atoms with Crippen molar-refractivity contribution in [1.82, 2.24) is 14.9 Å². The molecule has 6 nitrogen and oxygen atoms in total. The van der Waals surface area contributed by atoms with Crippen molar-refractivity contribution in [3.05, 3.63) is 59.9 Å². The molecule has 3 N–H and O–H groups in total. The fourth-order valence-corrected chi connectivity index (χ4v) is 2.79. The molecule has 1 aromatic heterocycles. The van der Waals surface area contributed by atoms with E-state index >= 15 is 0 Å². The summed E-state index contributed by atoms with van der Waals surface area (Å²) in [6, 6.07) is 16.0. The van der Waals surface area contributed by atoms with E-state index in [9.17, 15) is 0 Å². The van der Waals surface area contributed by atoms with Gasteiger partial charge in [0.2, 0.25) is 0 Å². The summed E-state index contributed by atoms with van der Waals surface area (Å²) < 4.78 is 5.20. The highest BCUT2D eigenvalue weighted by molar-refractivity contribution is 5.90. The first-order valence-corrected chi connectivity index (χ1v) is 9.13. The Kier molecular flexibility index (Phi) is 12.7. The van der Waals surface area contributed by atoms with E-state index in [0.717, 1.165) is 47.5 Å². The number of ether oxygens (including phenoxy) is 1. The number of fused-ring (bicyclic) bond motifs is 1. The molecule has 0 saturated heterocycles. The number of aromatic nitrogens is 2. The van der Waals surface area contributed by atoms with E-state index in [1.807, 2.05) is 54.6 Å². The number of anilines is 1. The lowest BCUT2D eigenvalue weighted by Gasteiger charge is -2.12. The van der Waals surface area contributed by atoms with Gasteiger partial charge in [-0.3, -0.25) is 0 Å². The Balaban J connectivity index is 0.00000280. The maximum Gasteiger partial charge on any atom is 0.154 e. The maximum atomic E-state index is 5.20. The molecule has 0 aliphatic carbocycles. The van der Waals surface area contributed by atoms with Crippen molar-refractivity contribution in [1.29, 1.82) is 0 Å². The Hall–Kier alpha value is -2.38. The zero-order valence-corrected chi connectivity index (χ0v) is 19.1. The Labute approximate surface area is 190 Å². The number of hydrogen-bond acceptors (Lipinski definition) is 5. The highest BCUT2D eigenvalue weighted by Gasteiger charge is 2.05. The fourth-order valence-electron chi connectivity index (χ4n) is 2.79. The molecule has 0 atom stereocenters. The van der Waals surface area contributed by atoms with Gasteiger partial charge in [-0.05, 0) is 63.0 Å². The molecule has 0 aliphatic rings. The molecule has 8 heteroatoms. The Bertz CT molecular complexity index is 919. The van der Waals surface area contributed by atoms with Crippen LogP contribution in [0, 0.1) is 0 Å². The topological polar surface area (TPSA) is 81.8 Å². The molecule has 0 radical (unpaired) electrons. The Morgan fingerprint density at radius 3 is 2.33 bits per heavy atom. The number of nitrogens with zero attached hydrogens (tertiary/aromatic N) is 3. The van der Waals surface area contributed by atoms with Gasteiger partial charge in [-0.1, -0.05) is 30.3 Å². The van der Waals surface area contributed by atoms with Crippen molar-refractivity contribution >= 4 is 53.7 Å². The molecule has 0 saturated carbocycles. The number of hydrogen-bond donors (Lipinski definition) is 1. The molecule has 2 aromatic carbocycles. The molecule has 164 valence electrons. The monoisotopic (exact) mass is 452 g/mol. The van der Waals surface area contributed by atoms with E-state index in [-0.39, 0.29) is 30.3 Å². The lowest BCUT2D eigenvalue weighted by atomic mass is 10.2. The van der Waals surface area contributed by atoms with Crippen LogP contribution in [0.15, 0.2) is 48.5 Å². The van der Waals surface area contributed by atoms with Gasteiger partial charge in [-0.15, -0.1) is 24.8 Å². The van der Waals surface area contributed by atoms with Gasteiger partial charge in [0.05, 0.1) is 12.6 Å². The van der Waals surface area contributed by atoms with Gasteiger partial charge in [0, 0.05) is 11.9 Å². The number of rotatable bonds is 8. The lowest BCUT2D eigenvalue weighted by Crippen LogP contribution is -2.16. The highest BCUT2D eigenvalue weighted by atomic mass is 35.5. The van der Waals surface area contributed by atoms with Crippen LogP contribution in [0.4, 0.5) is 5.82 Å². The molecular formula is C22H30Cl2N4O2. The molecule has 30 heavy (non-hydrogen) atoms. The second-order valence-corrected chi connectivity index (χ2v) is 6.64. The van der Waals surface area contributed by atoms with Crippen molar-refractivity contribution in [3.8, 4) is 5.75 Å². The first-order valence-electron chi connectivity index (χ1n) is 9.13. The molecular weight excluding hydrogens is 423 g/mol. The van der Waals surface area contributed by atoms with Gasteiger partial charge in [0.25, 0.3) is 0 Å². The normalized spacial score (nSPS) is 10.3.